The quantitative estimate of drug-likeness (QED) is 0.505. The normalized spacial score (nSPS) is 32.2. The van der Waals surface area contributed by atoms with Crippen LogP contribution in [0.5, 0.6) is 0 Å². The fourth-order valence-electron chi connectivity index (χ4n) is 1.19. The first-order valence-electron chi connectivity index (χ1n) is 3.45. The molecule has 1 aliphatic heterocycles. The average Bonchev–Trinajstić information content (AvgIpc) is 2.34. The lowest BCUT2D eigenvalue weighted by atomic mass is 10.0. The van der Waals surface area contributed by atoms with E-state index in [1.165, 1.54) is 7.11 Å². The molecule has 1 aliphatic rings. The van der Waals surface area contributed by atoms with Crippen molar-refractivity contribution in [2.24, 2.45) is 5.92 Å². The highest BCUT2D eigenvalue weighted by Gasteiger charge is 2.31. The first-order valence-corrected chi connectivity index (χ1v) is 3.45. The Morgan fingerprint density at radius 1 is 1.70 bits per heavy atom. The van der Waals surface area contributed by atoms with Gasteiger partial charge in [-0.05, 0) is 13.3 Å². The van der Waals surface area contributed by atoms with E-state index in [1.807, 2.05) is 6.92 Å². The minimum Gasteiger partial charge on any atom is -0.469 e. The van der Waals surface area contributed by atoms with E-state index in [0.29, 0.717) is 6.61 Å². The summed E-state index contributed by atoms with van der Waals surface area (Å²) in [7, 11) is 1.41. The number of esters is 1. The Balaban J connectivity index is 2.46. The molecule has 58 valence electrons. The number of rotatable bonds is 1. The van der Waals surface area contributed by atoms with Gasteiger partial charge in [0.1, 0.15) is 0 Å². The minimum atomic E-state index is -0.148. The van der Waals surface area contributed by atoms with Crippen LogP contribution in [0, 0.1) is 5.92 Å². The highest BCUT2D eigenvalue weighted by atomic mass is 16.5. The maximum Gasteiger partial charge on any atom is 0.311 e. The van der Waals surface area contributed by atoms with E-state index in [9.17, 15) is 4.79 Å². The van der Waals surface area contributed by atoms with Gasteiger partial charge in [-0.3, -0.25) is 4.79 Å². The zero-order chi connectivity index (χ0) is 7.56. The number of carbonyl (C=O) groups excluding carboxylic acids is 1. The number of hydrogen-bond acceptors (Lipinski definition) is 3. The second-order valence-corrected chi connectivity index (χ2v) is 2.49. The van der Waals surface area contributed by atoms with Crippen molar-refractivity contribution in [1.82, 2.24) is 0 Å². The van der Waals surface area contributed by atoms with Gasteiger partial charge in [-0.2, -0.15) is 0 Å². The Bertz CT molecular complexity index is 133. The highest BCUT2D eigenvalue weighted by Crippen LogP contribution is 2.20. The third-order valence-corrected chi connectivity index (χ3v) is 1.88. The van der Waals surface area contributed by atoms with Gasteiger partial charge in [0.25, 0.3) is 0 Å². The monoisotopic (exact) mass is 144 g/mol. The molecular formula is C7H12O3. The number of ether oxygens (including phenoxy) is 2. The summed E-state index contributed by atoms with van der Waals surface area (Å²) in [6.45, 7) is 2.58. The lowest BCUT2D eigenvalue weighted by molar-refractivity contribution is -0.146. The third kappa shape index (κ3) is 1.29. The number of carbonyl (C=O) groups is 1. The van der Waals surface area contributed by atoms with Gasteiger partial charge in [0.05, 0.1) is 19.1 Å². The molecule has 0 aromatic rings. The van der Waals surface area contributed by atoms with Crippen LogP contribution in [0.15, 0.2) is 0 Å². The lowest BCUT2D eigenvalue weighted by Gasteiger charge is -2.09. The molecule has 1 fully saturated rings. The van der Waals surface area contributed by atoms with Gasteiger partial charge in [0, 0.05) is 6.61 Å². The minimum absolute atomic E-state index is 0.0347. The Hall–Kier alpha value is -0.570. The molecular weight excluding hydrogens is 132 g/mol. The van der Waals surface area contributed by atoms with Crippen molar-refractivity contribution < 1.29 is 14.3 Å². The van der Waals surface area contributed by atoms with E-state index in [4.69, 9.17) is 4.74 Å². The fraction of sp³-hybridized carbons (Fsp3) is 0.857. The Morgan fingerprint density at radius 2 is 2.40 bits per heavy atom. The zero-order valence-electron chi connectivity index (χ0n) is 6.29. The van der Waals surface area contributed by atoms with Crippen LogP contribution in [0.4, 0.5) is 0 Å². The summed E-state index contributed by atoms with van der Waals surface area (Å²) in [5.41, 5.74) is 0. The van der Waals surface area contributed by atoms with Crippen LogP contribution >= 0.6 is 0 Å². The summed E-state index contributed by atoms with van der Waals surface area (Å²) >= 11 is 0. The van der Waals surface area contributed by atoms with E-state index in [1.54, 1.807) is 0 Å². The molecule has 3 nitrogen and oxygen atoms in total. The summed E-state index contributed by atoms with van der Waals surface area (Å²) in [6, 6.07) is 0. The van der Waals surface area contributed by atoms with Crippen LogP contribution < -0.4 is 0 Å². The summed E-state index contributed by atoms with van der Waals surface area (Å²) in [5, 5.41) is 0. The second kappa shape index (κ2) is 3.01. The van der Waals surface area contributed by atoms with Crippen LogP contribution in [-0.4, -0.2) is 25.8 Å². The average molecular weight is 144 g/mol. The van der Waals surface area contributed by atoms with E-state index in [2.05, 4.69) is 4.74 Å². The molecule has 0 saturated carbocycles. The van der Waals surface area contributed by atoms with E-state index >= 15 is 0 Å². The molecule has 1 saturated heterocycles. The van der Waals surface area contributed by atoms with Crippen LogP contribution in [0.25, 0.3) is 0 Å². The molecule has 0 bridgehead atoms. The van der Waals surface area contributed by atoms with Crippen molar-refractivity contribution in [2.75, 3.05) is 13.7 Å². The summed E-state index contributed by atoms with van der Waals surface area (Å²) < 4.78 is 9.77. The first kappa shape index (κ1) is 7.54. The molecule has 0 spiro atoms. The van der Waals surface area contributed by atoms with Gasteiger partial charge in [-0.25, -0.2) is 0 Å². The summed E-state index contributed by atoms with van der Waals surface area (Å²) in [6.07, 6.45) is 0.834. The van der Waals surface area contributed by atoms with Crippen molar-refractivity contribution in [2.45, 2.75) is 19.4 Å². The molecule has 3 heteroatoms. The SMILES string of the molecule is COC(=O)[C@H]1CCO[C@H]1C. The van der Waals surface area contributed by atoms with Crippen molar-refractivity contribution in [3.63, 3.8) is 0 Å². The standard InChI is InChI=1S/C7H12O3/c1-5-6(3-4-10-5)7(8)9-2/h5-6H,3-4H2,1-2H3/t5-,6-/m0/s1. The van der Waals surface area contributed by atoms with Crippen molar-refractivity contribution in [3.8, 4) is 0 Å². The molecule has 0 radical (unpaired) electrons. The molecule has 0 unspecified atom stereocenters. The largest absolute Gasteiger partial charge is 0.469 e. The molecule has 0 N–H and O–H groups in total. The van der Waals surface area contributed by atoms with E-state index in [0.717, 1.165) is 6.42 Å². The Morgan fingerprint density at radius 3 is 2.80 bits per heavy atom. The van der Waals surface area contributed by atoms with E-state index in [-0.39, 0.29) is 18.0 Å². The van der Waals surface area contributed by atoms with Gasteiger partial charge in [-0.15, -0.1) is 0 Å². The molecule has 10 heavy (non-hydrogen) atoms. The maximum atomic E-state index is 10.9. The summed E-state index contributed by atoms with van der Waals surface area (Å²) in [5.74, 6) is -0.185. The topological polar surface area (TPSA) is 35.5 Å². The Kier molecular flexibility index (Phi) is 2.27. The van der Waals surface area contributed by atoms with Gasteiger partial charge in [-0.1, -0.05) is 0 Å². The molecule has 1 heterocycles. The molecule has 2 atom stereocenters. The highest BCUT2D eigenvalue weighted by molar-refractivity contribution is 5.73. The summed E-state index contributed by atoms with van der Waals surface area (Å²) in [4.78, 5) is 10.9. The van der Waals surface area contributed by atoms with Gasteiger partial charge in [0.2, 0.25) is 0 Å². The predicted octanol–water partition coefficient (Wildman–Crippen LogP) is 0.584. The van der Waals surface area contributed by atoms with Gasteiger partial charge >= 0.3 is 5.97 Å². The van der Waals surface area contributed by atoms with Crippen molar-refractivity contribution in [3.05, 3.63) is 0 Å². The van der Waals surface area contributed by atoms with Crippen LogP contribution in [0.3, 0.4) is 0 Å². The maximum absolute atomic E-state index is 10.9. The van der Waals surface area contributed by atoms with Gasteiger partial charge < -0.3 is 9.47 Å². The van der Waals surface area contributed by atoms with Crippen LogP contribution in [0.1, 0.15) is 13.3 Å². The lowest BCUT2D eigenvalue weighted by Crippen LogP contribution is -2.22. The van der Waals surface area contributed by atoms with Crippen LogP contribution in [0.2, 0.25) is 0 Å². The van der Waals surface area contributed by atoms with Crippen molar-refractivity contribution in [1.29, 1.82) is 0 Å². The van der Waals surface area contributed by atoms with Gasteiger partial charge in [0.15, 0.2) is 0 Å². The fourth-order valence-corrected chi connectivity index (χ4v) is 1.19. The molecule has 0 aromatic heterocycles. The molecule has 0 aromatic carbocycles. The first-order chi connectivity index (χ1) is 4.75. The number of methoxy groups -OCH3 is 1. The molecule has 0 aliphatic carbocycles. The van der Waals surface area contributed by atoms with Crippen molar-refractivity contribution >= 4 is 5.97 Å². The Labute approximate surface area is 60.3 Å². The zero-order valence-corrected chi connectivity index (χ0v) is 6.29. The smallest absolute Gasteiger partial charge is 0.311 e. The predicted molar refractivity (Wildman–Crippen MR) is 35.5 cm³/mol. The third-order valence-electron chi connectivity index (χ3n) is 1.88. The molecule has 0 amide bonds. The second-order valence-electron chi connectivity index (χ2n) is 2.49. The molecule has 1 rings (SSSR count). The number of hydrogen-bond donors (Lipinski definition) is 0. The van der Waals surface area contributed by atoms with E-state index < -0.39 is 0 Å². The van der Waals surface area contributed by atoms with Crippen LogP contribution in [-0.2, 0) is 14.3 Å².